The fourth-order valence-electron chi connectivity index (χ4n) is 1.32. The van der Waals surface area contributed by atoms with Crippen LogP contribution in [0.4, 0.5) is 0 Å². The molecule has 1 heteroatoms. The SMILES string of the molecule is C1=C[P@](c2ccccc2)CC1. The number of hydrogen-bond acceptors (Lipinski definition) is 0. The zero-order valence-corrected chi connectivity index (χ0v) is 7.30. The van der Waals surface area contributed by atoms with E-state index in [2.05, 4.69) is 42.2 Å². The Morgan fingerprint density at radius 3 is 2.55 bits per heavy atom. The van der Waals surface area contributed by atoms with Gasteiger partial charge in [0.1, 0.15) is 0 Å². The van der Waals surface area contributed by atoms with Crippen molar-refractivity contribution < 1.29 is 0 Å². The number of rotatable bonds is 1. The third-order valence-electron chi connectivity index (χ3n) is 1.91. The molecule has 0 radical (unpaired) electrons. The molecule has 0 unspecified atom stereocenters. The summed E-state index contributed by atoms with van der Waals surface area (Å²) in [6.07, 6.45) is 4.94. The Balaban J connectivity index is 2.23. The first kappa shape index (κ1) is 7.06. The smallest absolute Gasteiger partial charge is 0.0201 e. The van der Waals surface area contributed by atoms with E-state index >= 15 is 0 Å². The highest BCUT2D eigenvalue weighted by Crippen LogP contribution is 2.41. The van der Waals surface area contributed by atoms with Gasteiger partial charge in [-0.25, -0.2) is 0 Å². The van der Waals surface area contributed by atoms with E-state index in [0.717, 1.165) is 0 Å². The van der Waals surface area contributed by atoms with Gasteiger partial charge in [0.05, 0.1) is 0 Å². The third kappa shape index (κ3) is 1.52. The number of benzene rings is 1. The van der Waals surface area contributed by atoms with Crippen LogP contribution in [-0.2, 0) is 0 Å². The minimum Gasteiger partial charge on any atom is -0.0834 e. The van der Waals surface area contributed by atoms with Gasteiger partial charge in [0, 0.05) is 0 Å². The van der Waals surface area contributed by atoms with E-state index in [4.69, 9.17) is 0 Å². The van der Waals surface area contributed by atoms with Crippen molar-refractivity contribution in [3.05, 3.63) is 42.2 Å². The van der Waals surface area contributed by atoms with Crippen LogP contribution < -0.4 is 5.30 Å². The lowest BCUT2D eigenvalue weighted by atomic mass is 10.4. The number of hydrogen-bond donors (Lipinski definition) is 0. The zero-order valence-electron chi connectivity index (χ0n) is 6.40. The summed E-state index contributed by atoms with van der Waals surface area (Å²) in [5.41, 5.74) is 0. The quantitative estimate of drug-likeness (QED) is 0.557. The van der Waals surface area contributed by atoms with Gasteiger partial charge in [-0.05, 0) is 17.9 Å². The molecule has 56 valence electrons. The van der Waals surface area contributed by atoms with Crippen molar-refractivity contribution in [1.82, 2.24) is 0 Å². The van der Waals surface area contributed by atoms with E-state index in [0.29, 0.717) is 0 Å². The van der Waals surface area contributed by atoms with Crippen molar-refractivity contribution in [2.24, 2.45) is 0 Å². The minimum absolute atomic E-state index is 0.0792. The monoisotopic (exact) mass is 162 g/mol. The molecule has 0 bridgehead atoms. The van der Waals surface area contributed by atoms with E-state index in [9.17, 15) is 0 Å². The summed E-state index contributed by atoms with van der Waals surface area (Å²) >= 11 is 0. The summed E-state index contributed by atoms with van der Waals surface area (Å²) in [7, 11) is 0.0792. The second-order valence-electron chi connectivity index (χ2n) is 2.70. The molecule has 0 nitrogen and oxygen atoms in total. The normalized spacial score (nSPS) is 22.4. The lowest BCUT2D eigenvalue weighted by Crippen LogP contribution is -1.97. The van der Waals surface area contributed by atoms with E-state index in [1.807, 2.05) is 0 Å². The second-order valence-corrected chi connectivity index (χ2v) is 4.90. The lowest BCUT2D eigenvalue weighted by molar-refractivity contribution is 1.27. The molecular formula is C10H11P. The number of allylic oxidation sites excluding steroid dienone is 1. The Hall–Kier alpha value is -0.610. The first-order chi connectivity index (χ1) is 5.47. The van der Waals surface area contributed by atoms with Crippen molar-refractivity contribution in [3.8, 4) is 0 Å². The van der Waals surface area contributed by atoms with E-state index in [1.165, 1.54) is 17.9 Å². The summed E-state index contributed by atoms with van der Waals surface area (Å²) in [6, 6.07) is 10.8. The van der Waals surface area contributed by atoms with Crippen LogP contribution >= 0.6 is 7.92 Å². The maximum atomic E-state index is 2.38. The van der Waals surface area contributed by atoms with E-state index in [-0.39, 0.29) is 7.92 Å². The zero-order chi connectivity index (χ0) is 7.52. The molecule has 1 aromatic carbocycles. The second kappa shape index (κ2) is 3.19. The average Bonchev–Trinajstić information content (AvgIpc) is 2.58. The molecular weight excluding hydrogens is 151 g/mol. The van der Waals surface area contributed by atoms with Crippen molar-refractivity contribution in [2.75, 3.05) is 6.16 Å². The molecule has 1 aliphatic heterocycles. The van der Waals surface area contributed by atoms with Gasteiger partial charge in [-0.2, -0.15) is 0 Å². The van der Waals surface area contributed by atoms with Gasteiger partial charge in [0.25, 0.3) is 0 Å². The lowest BCUT2D eigenvalue weighted by Gasteiger charge is -2.06. The molecule has 0 N–H and O–H groups in total. The van der Waals surface area contributed by atoms with Crippen LogP contribution in [-0.4, -0.2) is 6.16 Å². The Labute approximate surface area is 68.7 Å². The van der Waals surface area contributed by atoms with Gasteiger partial charge < -0.3 is 0 Å². The van der Waals surface area contributed by atoms with Crippen LogP contribution in [0.25, 0.3) is 0 Å². The highest BCUT2D eigenvalue weighted by molar-refractivity contribution is 7.68. The Bertz CT molecular complexity index is 251. The molecule has 1 heterocycles. The third-order valence-corrected chi connectivity index (χ3v) is 4.18. The predicted molar refractivity (Wildman–Crippen MR) is 51.6 cm³/mol. The van der Waals surface area contributed by atoms with Gasteiger partial charge in [-0.15, -0.1) is 0 Å². The van der Waals surface area contributed by atoms with Crippen molar-refractivity contribution in [2.45, 2.75) is 6.42 Å². The van der Waals surface area contributed by atoms with Crippen LogP contribution in [0.5, 0.6) is 0 Å². The van der Waals surface area contributed by atoms with E-state index < -0.39 is 0 Å². The highest BCUT2D eigenvalue weighted by Gasteiger charge is 2.09. The first-order valence-corrected chi connectivity index (χ1v) is 5.55. The van der Waals surface area contributed by atoms with Crippen molar-refractivity contribution >= 4 is 13.2 Å². The summed E-state index contributed by atoms with van der Waals surface area (Å²) in [6.45, 7) is 0. The molecule has 0 aliphatic carbocycles. The topological polar surface area (TPSA) is 0 Å². The molecule has 0 spiro atoms. The Kier molecular flexibility index (Phi) is 2.05. The first-order valence-electron chi connectivity index (χ1n) is 3.95. The van der Waals surface area contributed by atoms with Crippen molar-refractivity contribution in [1.29, 1.82) is 0 Å². The van der Waals surface area contributed by atoms with Gasteiger partial charge in [-0.1, -0.05) is 50.1 Å². The summed E-state index contributed by atoms with van der Waals surface area (Å²) < 4.78 is 0. The Morgan fingerprint density at radius 1 is 1.09 bits per heavy atom. The highest BCUT2D eigenvalue weighted by atomic mass is 31.1. The van der Waals surface area contributed by atoms with Crippen LogP contribution in [0.15, 0.2) is 42.2 Å². The molecule has 0 amide bonds. The van der Waals surface area contributed by atoms with Crippen LogP contribution in [0.3, 0.4) is 0 Å². The fourth-order valence-corrected chi connectivity index (χ4v) is 3.29. The summed E-state index contributed by atoms with van der Waals surface area (Å²) in [5.74, 6) is 2.38. The summed E-state index contributed by atoms with van der Waals surface area (Å²) in [4.78, 5) is 0. The molecule has 1 aliphatic rings. The molecule has 11 heavy (non-hydrogen) atoms. The molecule has 1 aromatic rings. The van der Waals surface area contributed by atoms with Crippen molar-refractivity contribution in [3.63, 3.8) is 0 Å². The maximum Gasteiger partial charge on any atom is -0.0201 e. The summed E-state index contributed by atoms with van der Waals surface area (Å²) in [5, 5.41) is 1.52. The van der Waals surface area contributed by atoms with Gasteiger partial charge in [0.2, 0.25) is 0 Å². The minimum atomic E-state index is 0.0792. The standard InChI is InChI=1S/C10H11P/c1-2-6-10(7-3-1)11-8-4-5-9-11/h1-4,6-8H,5,9H2/t11-/m0/s1. The van der Waals surface area contributed by atoms with Crippen LogP contribution in [0.1, 0.15) is 6.42 Å². The van der Waals surface area contributed by atoms with Gasteiger partial charge >= 0.3 is 0 Å². The molecule has 0 saturated heterocycles. The van der Waals surface area contributed by atoms with Crippen LogP contribution in [0.2, 0.25) is 0 Å². The maximum absolute atomic E-state index is 2.38. The largest absolute Gasteiger partial charge is 0.0834 e. The van der Waals surface area contributed by atoms with Gasteiger partial charge in [-0.3, -0.25) is 0 Å². The molecule has 0 fully saturated rings. The molecule has 1 atom stereocenters. The molecule has 0 saturated carbocycles. The molecule has 2 rings (SSSR count). The van der Waals surface area contributed by atoms with Gasteiger partial charge in [0.15, 0.2) is 0 Å². The fraction of sp³-hybridized carbons (Fsp3) is 0.200. The molecule has 0 aromatic heterocycles. The average molecular weight is 162 g/mol. The Morgan fingerprint density at radius 2 is 1.91 bits per heavy atom. The van der Waals surface area contributed by atoms with Crippen LogP contribution in [0, 0.1) is 0 Å². The van der Waals surface area contributed by atoms with E-state index in [1.54, 1.807) is 0 Å². The predicted octanol–water partition coefficient (Wildman–Crippen LogP) is 2.71.